The molecular weight excluding hydrogens is 288 g/mol. The second kappa shape index (κ2) is 7.26. The van der Waals surface area contributed by atoms with E-state index in [2.05, 4.69) is 12.0 Å². The lowest BCUT2D eigenvalue weighted by Gasteiger charge is -2.09. The average Bonchev–Trinajstić information content (AvgIpc) is 2.76. The van der Waals surface area contributed by atoms with E-state index in [9.17, 15) is 8.42 Å². The molecule has 0 N–H and O–H groups in total. The number of rotatable bonds is 8. The Balaban J connectivity index is 2.90. The van der Waals surface area contributed by atoms with Gasteiger partial charge in [0.25, 0.3) is 9.05 Å². The van der Waals surface area contributed by atoms with Gasteiger partial charge in [-0.3, -0.25) is 4.68 Å². The number of ether oxygens (including phenoxy) is 1. The van der Waals surface area contributed by atoms with Crippen LogP contribution in [-0.2, 0) is 26.9 Å². The van der Waals surface area contributed by atoms with Crippen LogP contribution in [0.1, 0.15) is 45.7 Å². The van der Waals surface area contributed by atoms with Crippen molar-refractivity contribution in [2.75, 3.05) is 0 Å². The van der Waals surface area contributed by atoms with E-state index in [1.165, 1.54) is 6.20 Å². The van der Waals surface area contributed by atoms with Crippen LogP contribution in [0.3, 0.4) is 0 Å². The molecule has 1 rings (SSSR count). The first-order valence-corrected chi connectivity index (χ1v) is 8.82. The molecule has 0 bridgehead atoms. The normalized spacial score (nSPS) is 13.7. The summed E-state index contributed by atoms with van der Waals surface area (Å²) in [5, 5.41) is 4.25. The summed E-state index contributed by atoms with van der Waals surface area (Å²) in [6.45, 7) is 6.84. The number of aryl methyl sites for hydroxylation is 1. The monoisotopic (exact) mass is 308 g/mol. The minimum Gasteiger partial charge on any atom is -0.372 e. The van der Waals surface area contributed by atoms with Crippen molar-refractivity contribution in [1.29, 1.82) is 0 Å². The zero-order valence-corrected chi connectivity index (χ0v) is 13.2. The van der Waals surface area contributed by atoms with Crippen molar-refractivity contribution >= 4 is 19.7 Å². The van der Waals surface area contributed by atoms with E-state index in [0.717, 1.165) is 19.3 Å². The molecule has 0 saturated heterocycles. The van der Waals surface area contributed by atoms with E-state index >= 15 is 0 Å². The lowest BCUT2D eigenvalue weighted by Crippen LogP contribution is -2.08. The molecule has 0 radical (unpaired) electrons. The number of hydrogen-bond acceptors (Lipinski definition) is 4. The highest BCUT2D eigenvalue weighted by Gasteiger charge is 2.20. The van der Waals surface area contributed by atoms with Gasteiger partial charge in [-0.2, -0.15) is 5.10 Å². The molecule has 7 heteroatoms. The van der Waals surface area contributed by atoms with Gasteiger partial charge in [0.1, 0.15) is 10.6 Å². The van der Waals surface area contributed by atoms with Crippen molar-refractivity contribution in [2.24, 2.45) is 0 Å². The summed E-state index contributed by atoms with van der Waals surface area (Å²) in [4.78, 5) is 0.0496. The van der Waals surface area contributed by atoms with E-state index in [-0.39, 0.29) is 17.6 Å². The second-order valence-corrected chi connectivity index (χ2v) is 7.06. The van der Waals surface area contributed by atoms with Crippen LogP contribution in [0.5, 0.6) is 0 Å². The third-order valence-electron chi connectivity index (χ3n) is 2.88. The number of aromatic nitrogens is 2. The van der Waals surface area contributed by atoms with E-state index in [1.807, 2.05) is 13.8 Å². The molecule has 0 fully saturated rings. The lowest BCUT2D eigenvalue weighted by molar-refractivity contribution is 0.0474. The summed E-state index contributed by atoms with van der Waals surface area (Å²) < 4.78 is 30.2. The van der Waals surface area contributed by atoms with Gasteiger partial charge < -0.3 is 4.74 Å². The molecule has 0 aliphatic carbocycles. The zero-order valence-electron chi connectivity index (χ0n) is 11.6. The van der Waals surface area contributed by atoms with Crippen LogP contribution in [0.4, 0.5) is 0 Å². The van der Waals surface area contributed by atoms with Gasteiger partial charge in [-0.1, -0.05) is 20.3 Å². The van der Waals surface area contributed by atoms with Gasteiger partial charge in [-0.15, -0.1) is 0 Å². The molecule has 0 saturated carbocycles. The summed E-state index contributed by atoms with van der Waals surface area (Å²) in [5.74, 6) is 0. The van der Waals surface area contributed by atoms with Crippen molar-refractivity contribution in [3.8, 4) is 0 Å². The van der Waals surface area contributed by atoms with Gasteiger partial charge in [0.2, 0.25) is 0 Å². The number of halogens is 1. The van der Waals surface area contributed by atoms with Crippen LogP contribution in [0.2, 0.25) is 0 Å². The van der Waals surface area contributed by atoms with Gasteiger partial charge in [0.15, 0.2) is 0 Å². The van der Waals surface area contributed by atoms with Gasteiger partial charge in [0, 0.05) is 23.4 Å². The van der Waals surface area contributed by atoms with Crippen LogP contribution in [0, 0.1) is 0 Å². The summed E-state index contributed by atoms with van der Waals surface area (Å²) >= 11 is 0. The molecule has 0 aliphatic heterocycles. The highest BCUT2D eigenvalue weighted by atomic mass is 35.7. The summed E-state index contributed by atoms with van der Waals surface area (Å²) in [7, 11) is 1.64. The molecule has 5 nitrogen and oxygen atoms in total. The molecule has 1 atom stereocenters. The summed E-state index contributed by atoms with van der Waals surface area (Å²) in [6, 6.07) is 0. The number of hydrogen-bond donors (Lipinski definition) is 0. The molecule has 1 aromatic heterocycles. The Morgan fingerprint density at radius 1 is 1.47 bits per heavy atom. The largest absolute Gasteiger partial charge is 0.372 e. The van der Waals surface area contributed by atoms with Gasteiger partial charge in [0.05, 0.1) is 12.7 Å². The molecule has 0 spiro atoms. The van der Waals surface area contributed by atoms with Gasteiger partial charge in [-0.25, -0.2) is 8.42 Å². The van der Waals surface area contributed by atoms with Crippen LogP contribution in [0.25, 0.3) is 0 Å². The van der Waals surface area contributed by atoms with Crippen molar-refractivity contribution in [1.82, 2.24) is 9.78 Å². The molecular formula is C12H21ClN2O3S. The molecule has 0 unspecified atom stereocenters. The minimum atomic E-state index is -3.78. The van der Waals surface area contributed by atoms with Crippen LogP contribution < -0.4 is 0 Å². The fraction of sp³-hybridized carbons (Fsp3) is 0.750. The maximum atomic E-state index is 11.5. The number of unbranched alkanes of at least 4 members (excludes halogenated alkanes) is 1. The van der Waals surface area contributed by atoms with Crippen LogP contribution in [0.15, 0.2) is 11.1 Å². The van der Waals surface area contributed by atoms with E-state index in [1.54, 1.807) is 4.68 Å². The topological polar surface area (TPSA) is 61.2 Å². The fourth-order valence-electron chi connectivity index (χ4n) is 1.52. The van der Waals surface area contributed by atoms with E-state index in [0.29, 0.717) is 12.2 Å². The Morgan fingerprint density at radius 2 is 2.16 bits per heavy atom. The molecule has 0 aliphatic rings. The van der Waals surface area contributed by atoms with E-state index in [4.69, 9.17) is 15.4 Å². The molecule has 1 aromatic rings. The first-order chi connectivity index (χ1) is 8.88. The Morgan fingerprint density at radius 3 is 2.68 bits per heavy atom. The first-order valence-electron chi connectivity index (χ1n) is 6.51. The van der Waals surface area contributed by atoms with Crippen molar-refractivity contribution in [2.45, 2.75) is 64.2 Å². The first kappa shape index (κ1) is 16.5. The maximum Gasteiger partial charge on any atom is 0.264 e. The third kappa shape index (κ3) is 5.12. The Bertz CT molecular complexity index is 499. The highest BCUT2D eigenvalue weighted by molar-refractivity contribution is 8.13. The summed E-state index contributed by atoms with van der Waals surface area (Å²) in [5.41, 5.74) is 0.381. The van der Waals surface area contributed by atoms with E-state index < -0.39 is 9.05 Å². The molecule has 1 heterocycles. The third-order valence-corrected chi connectivity index (χ3v) is 4.25. The SMILES string of the molecule is CCCCn1cc(S(=O)(=O)Cl)c(CO[C@@H](C)CC)n1. The van der Waals surface area contributed by atoms with Crippen molar-refractivity contribution < 1.29 is 13.2 Å². The molecule has 19 heavy (non-hydrogen) atoms. The smallest absolute Gasteiger partial charge is 0.264 e. The molecule has 0 aromatic carbocycles. The van der Waals surface area contributed by atoms with Gasteiger partial charge in [-0.05, 0) is 19.8 Å². The Kier molecular flexibility index (Phi) is 6.29. The Labute approximate surface area is 119 Å². The predicted molar refractivity (Wildman–Crippen MR) is 74.7 cm³/mol. The Hall–Kier alpha value is -0.590. The van der Waals surface area contributed by atoms with Crippen LogP contribution in [-0.4, -0.2) is 24.3 Å². The lowest BCUT2D eigenvalue weighted by atomic mass is 10.3. The fourth-order valence-corrected chi connectivity index (χ4v) is 2.54. The van der Waals surface area contributed by atoms with Crippen LogP contribution >= 0.6 is 10.7 Å². The average molecular weight is 309 g/mol. The maximum absolute atomic E-state index is 11.5. The quantitative estimate of drug-likeness (QED) is 0.693. The molecule has 0 amide bonds. The van der Waals surface area contributed by atoms with Crippen molar-refractivity contribution in [3.63, 3.8) is 0 Å². The van der Waals surface area contributed by atoms with Crippen molar-refractivity contribution in [3.05, 3.63) is 11.9 Å². The highest BCUT2D eigenvalue weighted by Crippen LogP contribution is 2.20. The number of nitrogens with zero attached hydrogens (tertiary/aromatic N) is 2. The standard InChI is InChI=1S/C12H21ClN2O3S/c1-4-6-7-15-8-12(19(13,16)17)11(14-15)9-18-10(3)5-2/h8,10H,4-7,9H2,1-3H3/t10-/m0/s1. The summed E-state index contributed by atoms with van der Waals surface area (Å²) in [6.07, 6.45) is 4.36. The molecule has 110 valence electrons. The predicted octanol–water partition coefficient (Wildman–Crippen LogP) is 2.93. The van der Waals surface area contributed by atoms with Gasteiger partial charge >= 0.3 is 0 Å². The minimum absolute atomic E-state index is 0.0496. The second-order valence-electron chi connectivity index (χ2n) is 4.52. The zero-order chi connectivity index (χ0) is 14.5.